The van der Waals surface area contributed by atoms with E-state index in [1.807, 2.05) is 0 Å². The van der Waals surface area contributed by atoms with Gasteiger partial charge in [-0.1, -0.05) is 13.8 Å². The van der Waals surface area contributed by atoms with Crippen molar-refractivity contribution in [1.29, 1.82) is 0 Å². The van der Waals surface area contributed by atoms with Crippen molar-refractivity contribution in [2.45, 2.75) is 24.6 Å². The number of hydrogen-bond acceptors (Lipinski definition) is 4. The molecule has 1 aliphatic heterocycles. The van der Waals surface area contributed by atoms with Crippen molar-refractivity contribution in [2.24, 2.45) is 5.92 Å². The lowest BCUT2D eigenvalue weighted by Gasteiger charge is -2.34. The predicted molar refractivity (Wildman–Crippen MR) is 83.9 cm³/mol. The zero-order valence-electron chi connectivity index (χ0n) is 11.9. The van der Waals surface area contributed by atoms with Crippen LogP contribution >= 0.6 is 22.9 Å². The van der Waals surface area contributed by atoms with Crippen molar-refractivity contribution < 1.29 is 8.42 Å². The second-order valence-electron chi connectivity index (χ2n) is 5.48. The molecule has 1 fully saturated rings. The zero-order valence-corrected chi connectivity index (χ0v) is 14.3. The quantitative estimate of drug-likeness (QED) is 0.775. The fourth-order valence-electron chi connectivity index (χ4n) is 2.38. The second kappa shape index (κ2) is 6.75. The van der Waals surface area contributed by atoms with Crippen LogP contribution in [0.3, 0.4) is 0 Å². The molecule has 0 N–H and O–H groups in total. The molecule has 0 aromatic carbocycles. The second-order valence-corrected chi connectivity index (χ2v) is 8.68. The molecule has 1 aliphatic rings. The monoisotopic (exact) mass is 336 g/mol. The molecule has 0 spiro atoms. The van der Waals surface area contributed by atoms with Crippen molar-refractivity contribution in [3.05, 3.63) is 16.3 Å². The molecule has 1 aromatic heterocycles. The van der Waals surface area contributed by atoms with Crippen LogP contribution in [0.25, 0.3) is 0 Å². The summed E-state index contributed by atoms with van der Waals surface area (Å²) < 4.78 is 26.6. The number of hydrogen-bond donors (Lipinski definition) is 0. The molecule has 0 bridgehead atoms. The van der Waals surface area contributed by atoms with E-state index in [2.05, 4.69) is 18.7 Å². The van der Waals surface area contributed by atoms with Crippen LogP contribution in [0.4, 0.5) is 0 Å². The Morgan fingerprint density at radius 2 is 1.95 bits per heavy atom. The van der Waals surface area contributed by atoms with Crippen molar-refractivity contribution in [2.75, 3.05) is 32.7 Å². The van der Waals surface area contributed by atoms with Gasteiger partial charge in [0.15, 0.2) is 0 Å². The van der Waals surface area contributed by atoms with Gasteiger partial charge in [-0.2, -0.15) is 4.31 Å². The lowest BCUT2D eigenvalue weighted by atomic mass is 10.2. The van der Waals surface area contributed by atoms with Gasteiger partial charge < -0.3 is 4.90 Å². The van der Waals surface area contributed by atoms with Crippen LogP contribution in [0.2, 0.25) is 0 Å². The van der Waals surface area contributed by atoms with Crippen LogP contribution < -0.4 is 0 Å². The summed E-state index contributed by atoms with van der Waals surface area (Å²) in [6.45, 7) is 8.16. The van der Waals surface area contributed by atoms with Crippen LogP contribution in [0.5, 0.6) is 0 Å². The van der Waals surface area contributed by atoms with E-state index in [0.29, 0.717) is 29.8 Å². The molecule has 7 heteroatoms. The summed E-state index contributed by atoms with van der Waals surface area (Å²) in [5.74, 6) is 0.976. The van der Waals surface area contributed by atoms with Crippen LogP contribution in [-0.4, -0.2) is 50.3 Å². The Balaban J connectivity index is 2.02. The Morgan fingerprint density at radius 1 is 1.30 bits per heavy atom. The highest BCUT2D eigenvalue weighted by Crippen LogP contribution is 2.24. The van der Waals surface area contributed by atoms with Crippen molar-refractivity contribution in [3.8, 4) is 0 Å². The van der Waals surface area contributed by atoms with Gasteiger partial charge in [0.2, 0.25) is 10.0 Å². The summed E-state index contributed by atoms with van der Waals surface area (Å²) in [5, 5.41) is 1.69. The van der Waals surface area contributed by atoms with E-state index in [9.17, 15) is 8.42 Å². The fourth-order valence-corrected chi connectivity index (χ4v) is 5.18. The van der Waals surface area contributed by atoms with Gasteiger partial charge in [-0.15, -0.1) is 22.9 Å². The number of halogens is 1. The number of nitrogens with zero attached hydrogens (tertiary/aromatic N) is 2. The number of rotatable bonds is 5. The van der Waals surface area contributed by atoms with Crippen molar-refractivity contribution >= 4 is 33.0 Å². The van der Waals surface area contributed by atoms with Crippen LogP contribution in [0, 0.1) is 5.92 Å². The molecule has 0 unspecified atom stereocenters. The maximum absolute atomic E-state index is 12.5. The highest BCUT2D eigenvalue weighted by atomic mass is 35.5. The number of thiophene rings is 1. The zero-order chi connectivity index (χ0) is 14.8. The third-order valence-electron chi connectivity index (χ3n) is 3.35. The lowest BCUT2D eigenvalue weighted by Crippen LogP contribution is -2.49. The smallest absolute Gasteiger partial charge is 0.243 e. The largest absolute Gasteiger partial charge is 0.300 e. The van der Waals surface area contributed by atoms with Gasteiger partial charge >= 0.3 is 0 Å². The molecule has 4 nitrogen and oxygen atoms in total. The first-order valence-corrected chi connectivity index (χ1v) is 9.65. The minimum atomic E-state index is -3.34. The predicted octanol–water partition coefficient (Wildman–Crippen LogP) is 2.45. The molecular weight excluding hydrogens is 316 g/mol. The van der Waals surface area contributed by atoms with E-state index >= 15 is 0 Å². The molecule has 0 aliphatic carbocycles. The minimum Gasteiger partial charge on any atom is -0.300 e. The fraction of sp³-hybridized carbons (Fsp3) is 0.692. The van der Waals surface area contributed by atoms with Gasteiger partial charge in [0, 0.05) is 43.0 Å². The summed E-state index contributed by atoms with van der Waals surface area (Å²) in [7, 11) is -3.34. The van der Waals surface area contributed by atoms with Crippen molar-refractivity contribution in [3.63, 3.8) is 0 Å². The molecule has 20 heavy (non-hydrogen) atoms. The third-order valence-corrected chi connectivity index (χ3v) is 6.76. The molecule has 2 heterocycles. The molecule has 0 atom stereocenters. The summed E-state index contributed by atoms with van der Waals surface area (Å²) in [6.07, 6.45) is 0. The Morgan fingerprint density at radius 3 is 2.45 bits per heavy atom. The number of alkyl halides is 1. The van der Waals surface area contributed by atoms with Gasteiger partial charge in [0.05, 0.1) is 10.8 Å². The van der Waals surface area contributed by atoms with E-state index in [1.54, 1.807) is 15.8 Å². The number of piperazine rings is 1. The third kappa shape index (κ3) is 3.74. The Labute approximate surface area is 130 Å². The van der Waals surface area contributed by atoms with E-state index in [4.69, 9.17) is 11.6 Å². The summed E-state index contributed by atoms with van der Waals surface area (Å²) >= 11 is 7.14. The van der Waals surface area contributed by atoms with Crippen LogP contribution in [0.15, 0.2) is 16.3 Å². The van der Waals surface area contributed by atoms with E-state index in [0.717, 1.165) is 24.5 Å². The van der Waals surface area contributed by atoms with Crippen LogP contribution in [-0.2, 0) is 15.9 Å². The lowest BCUT2D eigenvalue weighted by molar-refractivity contribution is 0.172. The van der Waals surface area contributed by atoms with Crippen molar-refractivity contribution in [1.82, 2.24) is 9.21 Å². The summed E-state index contributed by atoms with van der Waals surface area (Å²) in [6, 6.07) is 1.69. The SMILES string of the molecule is CC(C)CN1CCN(S(=O)(=O)c2csc(CCl)c2)CC1. The minimum absolute atomic E-state index is 0.363. The maximum atomic E-state index is 12.5. The average Bonchev–Trinajstić information content (AvgIpc) is 2.88. The molecule has 0 amide bonds. The van der Waals surface area contributed by atoms with Gasteiger partial charge in [0.25, 0.3) is 0 Å². The first-order chi connectivity index (χ1) is 9.43. The molecule has 1 saturated heterocycles. The Bertz CT molecular complexity index is 534. The standard InChI is InChI=1S/C13H21ClN2O2S2/c1-11(2)9-15-3-5-16(6-4-15)20(17,18)13-7-12(8-14)19-10-13/h7,10-11H,3-6,8-9H2,1-2H3. The Kier molecular flexibility index (Phi) is 5.48. The van der Waals surface area contributed by atoms with E-state index in [1.165, 1.54) is 11.3 Å². The maximum Gasteiger partial charge on any atom is 0.243 e. The first kappa shape index (κ1) is 16.2. The molecular formula is C13H21ClN2O2S2. The molecule has 0 radical (unpaired) electrons. The first-order valence-electron chi connectivity index (χ1n) is 6.79. The van der Waals surface area contributed by atoms with E-state index < -0.39 is 10.0 Å². The van der Waals surface area contributed by atoms with E-state index in [-0.39, 0.29) is 0 Å². The Hall–Kier alpha value is -0.140. The highest BCUT2D eigenvalue weighted by Gasteiger charge is 2.29. The van der Waals surface area contributed by atoms with Gasteiger partial charge in [0.1, 0.15) is 0 Å². The molecule has 114 valence electrons. The molecule has 0 saturated carbocycles. The topological polar surface area (TPSA) is 40.6 Å². The van der Waals surface area contributed by atoms with Gasteiger partial charge in [-0.3, -0.25) is 0 Å². The van der Waals surface area contributed by atoms with Gasteiger partial charge in [-0.05, 0) is 12.0 Å². The van der Waals surface area contributed by atoms with Gasteiger partial charge in [-0.25, -0.2) is 8.42 Å². The number of sulfonamides is 1. The average molecular weight is 337 g/mol. The van der Waals surface area contributed by atoms with Crippen LogP contribution in [0.1, 0.15) is 18.7 Å². The normalized spacial score (nSPS) is 18.8. The summed E-state index contributed by atoms with van der Waals surface area (Å²) in [5.41, 5.74) is 0. The molecule has 2 rings (SSSR count). The molecule has 1 aromatic rings. The summed E-state index contributed by atoms with van der Waals surface area (Å²) in [4.78, 5) is 3.60. The highest BCUT2D eigenvalue weighted by molar-refractivity contribution is 7.89.